The summed E-state index contributed by atoms with van der Waals surface area (Å²) >= 11 is 0. The van der Waals surface area contributed by atoms with E-state index in [1.807, 2.05) is 0 Å². The van der Waals surface area contributed by atoms with Gasteiger partial charge in [0.1, 0.15) is 17.0 Å². The maximum absolute atomic E-state index is 13.6. The maximum Gasteiger partial charge on any atom is 0.422 e. The maximum atomic E-state index is 13.6. The highest BCUT2D eigenvalue weighted by Crippen LogP contribution is 2.43. The second-order valence-corrected chi connectivity index (χ2v) is 5.89. The fourth-order valence-corrected chi connectivity index (χ4v) is 2.94. The van der Waals surface area contributed by atoms with Gasteiger partial charge in [-0.3, -0.25) is 4.68 Å². The van der Waals surface area contributed by atoms with Crippen LogP contribution in [0.15, 0.2) is 6.20 Å². The van der Waals surface area contributed by atoms with Crippen molar-refractivity contribution in [2.75, 3.05) is 24.7 Å². The number of fused-ring (bicyclic) bond motifs is 1. The summed E-state index contributed by atoms with van der Waals surface area (Å²) in [7, 11) is 1.35. The van der Waals surface area contributed by atoms with E-state index >= 15 is 0 Å². The second-order valence-electron chi connectivity index (χ2n) is 5.89. The molecule has 24 heavy (non-hydrogen) atoms. The summed E-state index contributed by atoms with van der Waals surface area (Å²) in [5.74, 6) is -0.628. The summed E-state index contributed by atoms with van der Waals surface area (Å²) in [5.41, 5.74) is 4.29. The van der Waals surface area contributed by atoms with Gasteiger partial charge in [0.15, 0.2) is 0 Å². The Morgan fingerprint density at radius 1 is 1.33 bits per heavy atom. The molecule has 0 aromatic carbocycles. The highest BCUT2D eigenvalue weighted by Gasteiger charge is 2.42. The van der Waals surface area contributed by atoms with E-state index in [1.54, 1.807) is 18.5 Å². The lowest BCUT2D eigenvalue weighted by Gasteiger charge is -2.32. The van der Waals surface area contributed by atoms with Crippen molar-refractivity contribution in [3.05, 3.63) is 17.5 Å². The highest BCUT2D eigenvalue weighted by molar-refractivity contribution is 5.73. The normalized spacial score (nSPS) is 16.8. The average molecular weight is 342 g/mol. The molecule has 0 atom stereocenters. The van der Waals surface area contributed by atoms with Crippen molar-refractivity contribution >= 4 is 11.8 Å². The summed E-state index contributed by atoms with van der Waals surface area (Å²) in [6, 6.07) is 0. The number of anilines is 2. The molecule has 1 aliphatic heterocycles. The Morgan fingerprint density at radius 3 is 2.67 bits per heavy atom. The molecule has 0 spiro atoms. The van der Waals surface area contributed by atoms with E-state index in [1.165, 1.54) is 13.2 Å². The molecule has 0 fully saturated rings. The van der Waals surface area contributed by atoms with E-state index in [9.17, 15) is 13.2 Å². The van der Waals surface area contributed by atoms with Crippen LogP contribution in [0, 0.1) is 0 Å². The van der Waals surface area contributed by atoms with Gasteiger partial charge in [-0.1, -0.05) is 0 Å². The van der Waals surface area contributed by atoms with Crippen molar-refractivity contribution in [1.82, 2.24) is 19.7 Å². The summed E-state index contributed by atoms with van der Waals surface area (Å²) in [6.45, 7) is 4.44. The molecule has 0 saturated heterocycles. The standard InChI is InChI=1S/C14H17F3N6O/c1-13(2)10-7(6-20-23(10)4-5-24-13)9-8(14(15,16)17)11(19-3)22-12(18)21-9/h6H,4-5H2,1-3H3,(H3,18,19,21,22). The number of nitrogens with zero attached hydrogens (tertiary/aromatic N) is 4. The smallest absolute Gasteiger partial charge is 0.372 e. The van der Waals surface area contributed by atoms with Crippen molar-refractivity contribution in [1.29, 1.82) is 0 Å². The highest BCUT2D eigenvalue weighted by atomic mass is 19.4. The number of hydrogen-bond donors (Lipinski definition) is 2. The molecule has 2 aromatic heterocycles. The van der Waals surface area contributed by atoms with Gasteiger partial charge in [0.05, 0.1) is 30.7 Å². The fraction of sp³-hybridized carbons (Fsp3) is 0.500. The molecule has 3 rings (SSSR count). The number of nitrogens with two attached hydrogens (primary N) is 1. The van der Waals surface area contributed by atoms with Gasteiger partial charge in [-0.15, -0.1) is 0 Å². The Labute approximate surface area is 136 Å². The molecule has 2 aromatic rings. The zero-order chi connectivity index (χ0) is 17.7. The first-order chi connectivity index (χ1) is 11.1. The molecule has 3 heterocycles. The van der Waals surface area contributed by atoms with Crippen molar-refractivity contribution < 1.29 is 17.9 Å². The number of aromatic nitrogens is 4. The summed E-state index contributed by atoms with van der Waals surface area (Å²) in [5, 5.41) is 6.62. The van der Waals surface area contributed by atoms with Gasteiger partial charge in [0.25, 0.3) is 0 Å². The van der Waals surface area contributed by atoms with Crippen LogP contribution in [-0.2, 0) is 23.1 Å². The number of hydrogen-bond acceptors (Lipinski definition) is 6. The third kappa shape index (κ3) is 2.56. The first-order valence-corrected chi connectivity index (χ1v) is 7.28. The number of nitrogens with one attached hydrogen (secondary N) is 1. The third-order valence-electron chi connectivity index (χ3n) is 3.88. The third-order valence-corrected chi connectivity index (χ3v) is 3.88. The Kier molecular flexibility index (Phi) is 3.67. The van der Waals surface area contributed by atoms with E-state index in [4.69, 9.17) is 10.5 Å². The van der Waals surface area contributed by atoms with Crippen LogP contribution in [0.5, 0.6) is 0 Å². The van der Waals surface area contributed by atoms with Crippen LogP contribution in [0.3, 0.4) is 0 Å². The summed E-state index contributed by atoms with van der Waals surface area (Å²) < 4.78 is 48.2. The molecular weight excluding hydrogens is 325 g/mol. The van der Waals surface area contributed by atoms with E-state index in [0.717, 1.165) is 0 Å². The number of halogens is 3. The minimum absolute atomic E-state index is 0.234. The average Bonchev–Trinajstić information content (AvgIpc) is 2.90. The van der Waals surface area contributed by atoms with Crippen LogP contribution in [-0.4, -0.2) is 33.4 Å². The molecule has 0 saturated carbocycles. The molecule has 10 heteroatoms. The van der Waals surface area contributed by atoms with Crippen molar-refractivity contribution in [2.45, 2.75) is 32.2 Å². The molecule has 0 aliphatic carbocycles. The summed E-state index contributed by atoms with van der Waals surface area (Å²) in [4.78, 5) is 7.52. The van der Waals surface area contributed by atoms with Crippen LogP contribution >= 0.6 is 0 Å². The zero-order valence-electron chi connectivity index (χ0n) is 13.4. The molecule has 0 unspecified atom stereocenters. The largest absolute Gasteiger partial charge is 0.422 e. The monoisotopic (exact) mass is 342 g/mol. The molecule has 130 valence electrons. The van der Waals surface area contributed by atoms with Gasteiger partial charge in [0, 0.05) is 12.6 Å². The number of rotatable bonds is 2. The number of nitrogen functional groups attached to an aromatic ring is 1. The molecule has 0 bridgehead atoms. The summed E-state index contributed by atoms with van der Waals surface area (Å²) in [6.07, 6.45) is -3.29. The molecular formula is C14H17F3N6O. The lowest BCUT2D eigenvalue weighted by Crippen LogP contribution is -2.34. The Balaban J connectivity index is 2.33. The topological polar surface area (TPSA) is 90.9 Å². The minimum Gasteiger partial charge on any atom is -0.372 e. The molecule has 3 N–H and O–H groups in total. The van der Waals surface area contributed by atoms with E-state index < -0.39 is 17.3 Å². The molecule has 1 aliphatic rings. The van der Waals surface area contributed by atoms with Crippen LogP contribution < -0.4 is 11.1 Å². The van der Waals surface area contributed by atoms with Gasteiger partial charge in [0.2, 0.25) is 5.95 Å². The van der Waals surface area contributed by atoms with E-state index in [2.05, 4.69) is 20.4 Å². The first-order valence-electron chi connectivity index (χ1n) is 7.28. The van der Waals surface area contributed by atoms with E-state index in [-0.39, 0.29) is 23.0 Å². The Morgan fingerprint density at radius 2 is 2.04 bits per heavy atom. The number of ether oxygens (including phenoxy) is 1. The van der Waals surface area contributed by atoms with Gasteiger partial charge in [-0.05, 0) is 13.8 Å². The van der Waals surface area contributed by atoms with Gasteiger partial charge in [-0.2, -0.15) is 23.3 Å². The first kappa shape index (κ1) is 16.5. The van der Waals surface area contributed by atoms with Crippen LogP contribution in [0.1, 0.15) is 25.1 Å². The number of alkyl halides is 3. The Hall–Kier alpha value is -2.36. The predicted molar refractivity (Wildman–Crippen MR) is 81.2 cm³/mol. The van der Waals surface area contributed by atoms with Crippen LogP contribution in [0.4, 0.5) is 24.9 Å². The Bertz CT molecular complexity index is 784. The van der Waals surface area contributed by atoms with Gasteiger partial charge in [-0.25, -0.2) is 4.98 Å². The van der Waals surface area contributed by atoms with Crippen LogP contribution in [0.25, 0.3) is 11.3 Å². The fourth-order valence-electron chi connectivity index (χ4n) is 2.94. The van der Waals surface area contributed by atoms with Gasteiger partial charge < -0.3 is 15.8 Å². The SMILES string of the molecule is CNc1nc(N)nc(-c2cnn3c2C(C)(C)OCC3)c1C(F)(F)F. The quantitative estimate of drug-likeness (QED) is 0.870. The molecule has 7 nitrogen and oxygen atoms in total. The van der Waals surface area contributed by atoms with Crippen molar-refractivity contribution in [3.8, 4) is 11.3 Å². The molecule has 0 radical (unpaired) electrons. The lowest BCUT2D eigenvalue weighted by molar-refractivity contribution is -0.136. The molecule has 0 amide bonds. The van der Waals surface area contributed by atoms with Crippen molar-refractivity contribution in [2.24, 2.45) is 0 Å². The predicted octanol–water partition coefficient (Wildman–Crippen LogP) is 2.25. The lowest BCUT2D eigenvalue weighted by atomic mass is 9.95. The van der Waals surface area contributed by atoms with Crippen molar-refractivity contribution in [3.63, 3.8) is 0 Å². The van der Waals surface area contributed by atoms with Crippen LogP contribution in [0.2, 0.25) is 0 Å². The van der Waals surface area contributed by atoms with E-state index in [0.29, 0.717) is 18.8 Å². The minimum atomic E-state index is -4.66. The van der Waals surface area contributed by atoms with Gasteiger partial charge >= 0.3 is 6.18 Å². The zero-order valence-corrected chi connectivity index (χ0v) is 13.4. The second kappa shape index (κ2) is 5.33.